The van der Waals surface area contributed by atoms with Gasteiger partial charge >= 0.3 is 0 Å². The largest absolute Gasteiger partial charge is 0.463 e. The fraction of sp³-hybridized carbons (Fsp3) is 0.300. The van der Waals surface area contributed by atoms with Gasteiger partial charge in [0.05, 0.1) is 12.0 Å². The maximum Gasteiger partial charge on any atom is 0.206 e. The second kappa shape index (κ2) is 7.23. The van der Waals surface area contributed by atoms with Crippen molar-refractivity contribution in [3.05, 3.63) is 63.7 Å². The topological polar surface area (TPSA) is 42.8 Å². The van der Waals surface area contributed by atoms with E-state index in [9.17, 15) is 0 Å². The molecule has 0 saturated carbocycles. The van der Waals surface area contributed by atoms with Gasteiger partial charge in [-0.3, -0.25) is 4.99 Å². The van der Waals surface area contributed by atoms with Crippen LogP contribution in [0.3, 0.4) is 0 Å². The summed E-state index contributed by atoms with van der Waals surface area (Å²) >= 11 is 1.61. The number of hydrogen-bond acceptors (Lipinski definition) is 4. The summed E-state index contributed by atoms with van der Waals surface area (Å²) in [5, 5.41) is 6.91. The highest BCUT2D eigenvalue weighted by molar-refractivity contribution is 7.07. The van der Waals surface area contributed by atoms with Crippen LogP contribution in [0.15, 0.2) is 56.5 Å². The predicted octanol–water partition coefficient (Wildman–Crippen LogP) is 5.01. The Hall–Kier alpha value is -2.40. The van der Waals surface area contributed by atoms with Gasteiger partial charge in [-0.15, -0.1) is 11.3 Å². The molecule has 0 fully saturated rings. The van der Waals surface area contributed by atoms with E-state index in [1.54, 1.807) is 17.6 Å². The molecule has 0 N–H and O–H groups in total. The van der Waals surface area contributed by atoms with E-state index in [2.05, 4.69) is 51.3 Å². The van der Waals surface area contributed by atoms with Crippen LogP contribution in [0, 0.1) is 13.8 Å². The first kappa shape index (κ1) is 17.4. The Labute approximate surface area is 152 Å². The van der Waals surface area contributed by atoms with Gasteiger partial charge in [-0.1, -0.05) is 12.1 Å². The number of rotatable bonds is 4. The quantitative estimate of drug-likeness (QED) is 0.608. The van der Waals surface area contributed by atoms with E-state index in [0.29, 0.717) is 0 Å². The lowest BCUT2D eigenvalue weighted by Gasteiger charge is -2.08. The maximum atomic E-state index is 5.47. The zero-order valence-corrected chi connectivity index (χ0v) is 16.1. The summed E-state index contributed by atoms with van der Waals surface area (Å²) < 4.78 is 7.40. The lowest BCUT2D eigenvalue weighted by Crippen LogP contribution is -2.16. The molecule has 1 aromatic carbocycles. The smallest absolute Gasteiger partial charge is 0.206 e. The fourth-order valence-corrected chi connectivity index (χ4v) is 3.45. The van der Waals surface area contributed by atoms with Crippen molar-refractivity contribution in [3.63, 3.8) is 0 Å². The lowest BCUT2D eigenvalue weighted by atomic mass is 10.1. The minimum atomic E-state index is 0.205. The van der Waals surface area contributed by atoms with E-state index in [-0.39, 0.29) is 6.04 Å². The molecular formula is C20H23N3OS. The molecule has 5 heteroatoms. The van der Waals surface area contributed by atoms with Crippen LogP contribution in [-0.4, -0.2) is 16.4 Å². The maximum absolute atomic E-state index is 5.47. The van der Waals surface area contributed by atoms with Gasteiger partial charge in [0, 0.05) is 17.0 Å². The van der Waals surface area contributed by atoms with Crippen LogP contribution in [-0.2, 0) is 0 Å². The zero-order chi connectivity index (χ0) is 18.0. The first-order valence-electron chi connectivity index (χ1n) is 8.37. The lowest BCUT2D eigenvalue weighted by molar-refractivity contribution is 0.556. The SMILES string of the molecule is CC(=Nn1c(-c2ccc(C)c(C)c2)csc1=NC(C)C)c1ccco1. The summed E-state index contributed by atoms with van der Waals surface area (Å²) in [6, 6.07) is 10.5. The summed E-state index contributed by atoms with van der Waals surface area (Å²) in [7, 11) is 0. The molecule has 0 aliphatic heterocycles. The van der Waals surface area contributed by atoms with Gasteiger partial charge in [0.1, 0.15) is 11.5 Å². The van der Waals surface area contributed by atoms with Gasteiger partial charge in [0.2, 0.25) is 4.80 Å². The normalized spacial score (nSPS) is 13.0. The molecule has 0 amide bonds. The number of nitrogens with zero attached hydrogens (tertiary/aromatic N) is 3. The van der Waals surface area contributed by atoms with Crippen molar-refractivity contribution in [3.8, 4) is 11.3 Å². The molecule has 2 aromatic heterocycles. The van der Waals surface area contributed by atoms with Gasteiger partial charge in [-0.2, -0.15) is 5.10 Å². The predicted molar refractivity (Wildman–Crippen MR) is 104 cm³/mol. The Morgan fingerprint density at radius 1 is 1.16 bits per heavy atom. The van der Waals surface area contributed by atoms with Crippen LogP contribution in [0.4, 0.5) is 0 Å². The third kappa shape index (κ3) is 3.82. The van der Waals surface area contributed by atoms with Crippen molar-refractivity contribution in [2.75, 3.05) is 0 Å². The summed E-state index contributed by atoms with van der Waals surface area (Å²) in [6.07, 6.45) is 1.66. The van der Waals surface area contributed by atoms with E-state index >= 15 is 0 Å². The third-order valence-corrected chi connectivity index (χ3v) is 4.81. The molecule has 0 atom stereocenters. The van der Waals surface area contributed by atoms with Crippen molar-refractivity contribution in [2.24, 2.45) is 10.1 Å². The standard InChI is InChI=1S/C20H23N3OS/c1-13(2)21-20-23(22-16(5)19-7-6-10-24-19)18(12-25-20)17-9-8-14(3)15(4)11-17/h6-13H,1-5H3. The first-order valence-corrected chi connectivity index (χ1v) is 9.25. The van der Waals surface area contributed by atoms with Crippen LogP contribution < -0.4 is 4.80 Å². The summed E-state index contributed by atoms with van der Waals surface area (Å²) in [5.41, 5.74) is 5.55. The fourth-order valence-electron chi connectivity index (χ4n) is 2.49. The molecule has 130 valence electrons. The Kier molecular flexibility index (Phi) is 5.04. The average Bonchev–Trinajstić information content (AvgIpc) is 3.21. The number of aryl methyl sites for hydroxylation is 2. The Morgan fingerprint density at radius 3 is 2.60 bits per heavy atom. The van der Waals surface area contributed by atoms with Crippen molar-refractivity contribution in [2.45, 2.75) is 40.7 Å². The number of furan rings is 1. The van der Waals surface area contributed by atoms with Crippen LogP contribution in [0.25, 0.3) is 11.3 Å². The molecule has 0 unspecified atom stereocenters. The highest BCUT2D eigenvalue weighted by atomic mass is 32.1. The highest BCUT2D eigenvalue weighted by Gasteiger charge is 2.10. The van der Waals surface area contributed by atoms with E-state index in [0.717, 1.165) is 27.5 Å². The number of aromatic nitrogens is 1. The van der Waals surface area contributed by atoms with E-state index < -0.39 is 0 Å². The Morgan fingerprint density at radius 2 is 1.96 bits per heavy atom. The summed E-state index contributed by atoms with van der Waals surface area (Å²) in [6.45, 7) is 10.4. The first-order chi connectivity index (χ1) is 12.0. The molecule has 25 heavy (non-hydrogen) atoms. The van der Waals surface area contributed by atoms with Crippen LogP contribution >= 0.6 is 11.3 Å². The summed E-state index contributed by atoms with van der Waals surface area (Å²) in [5.74, 6) is 0.764. The van der Waals surface area contributed by atoms with Crippen molar-refractivity contribution in [1.29, 1.82) is 0 Å². The van der Waals surface area contributed by atoms with Crippen molar-refractivity contribution < 1.29 is 4.42 Å². The molecule has 0 radical (unpaired) electrons. The zero-order valence-electron chi connectivity index (χ0n) is 15.3. The third-order valence-electron chi connectivity index (χ3n) is 3.98. The number of thiazole rings is 1. The second-order valence-corrected chi connectivity index (χ2v) is 7.24. The Bertz CT molecular complexity index is 959. The van der Waals surface area contributed by atoms with E-state index in [1.807, 2.05) is 23.7 Å². The molecule has 0 saturated heterocycles. The molecule has 0 spiro atoms. The molecule has 0 aliphatic rings. The van der Waals surface area contributed by atoms with Crippen LogP contribution in [0.1, 0.15) is 37.7 Å². The second-order valence-electron chi connectivity index (χ2n) is 6.40. The molecular weight excluding hydrogens is 330 g/mol. The van der Waals surface area contributed by atoms with Crippen LogP contribution in [0.5, 0.6) is 0 Å². The van der Waals surface area contributed by atoms with Gasteiger partial charge in [0.15, 0.2) is 0 Å². The average molecular weight is 353 g/mol. The number of hydrogen-bond donors (Lipinski definition) is 0. The molecule has 2 heterocycles. The molecule has 3 rings (SSSR count). The van der Waals surface area contributed by atoms with E-state index in [4.69, 9.17) is 14.5 Å². The van der Waals surface area contributed by atoms with Gasteiger partial charge in [-0.05, 0) is 63.9 Å². The number of benzene rings is 1. The Balaban J connectivity index is 2.18. The summed E-state index contributed by atoms with van der Waals surface area (Å²) in [4.78, 5) is 5.61. The van der Waals surface area contributed by atoms with E-state index in [1.165, 1.54) is 11.1 Å². The highest BCUT2D eigenvalue weighted by Crippen LogP contribution is 2.23. The molecule has 0 bridgehead atoms. The van der Waals surface area contributed by atoms with Gasteiger partial charge < -0.3 is 4.42 Å². The van der Waals surface area contributed by atoms with Gasteiger partial charge in [0.25, 0.3) is 0 Å². The van der Waals surface area contributed by atoms with Crippen LogP contribution in [0.2, 0.25) is 0 Å². The van der Waals surface area contributed by atoms with Crippen molar-refractivity contribution in [1.82, 2.24) is 4.68 Å². The monoisotopic (exact) mass is 353 g/mol. The minimum absolute atomic E-state index is 0.205. The molecule has 0 aliphatic carbocycles. The molecule has 3 aromatic rings. The van der Waals surface area contributed by atoms with Gasteiger partial charge in [-0.25, -0.2) is 4.68 Å². The minimum Gasteiger partial charge on any atom is -0.463 e. The van der Waals surface area contributed by atoms with Crippen molar-refractivity contribution >= 4 is 17.0 Å². The molecule has 4 nitrogen and oxygen atoms in total.